The summed E-state index contributed by atoms with van der Waals surface area (Å²) in [7, 11) is 0. The molecule has 16 heavy (non-hydrogen) atoms. The van der Waals surface area contributed by atoms with Gasteiger partial charge in [-0.05, 0) is 39.2 Å². The van der Waals surface area contributed by atoms with Gasteiger partial charge in [-0.15, -0.1) is 0 Å². The monoisotopic (exact) mass is 226 g/mol. The van der Waals surface area contributed by atoms with E-state index in [-0.39, 0.29) is 23.6 Å². The molecule has 4 nitrogen and oxygen atoms in total. The summed E-state index contributed by atoms with van der Waals surface area (Å²) in [5.74, 6) is 0.561. The summed E-state index contributed by atoms with van der Waals surface area (Å²) in [6.45, 7) is 7.91. The summed E-state index contributed by atoms with van der Waals surface area (Å²) in [6, 6.07) is -0.0235. The van der Waals surface area contributed by atoms with Crippen LogP contribution in [0.1, 0.15) is 33.6 Å². The van der Waals surface area contributed by atoms with Crippen LogP contribution in [0.2, 0.25) is 0 Å². The van der Waals surface area contributed by atoms with Crippen molar-refractivity contribution in [3.8, 4) is 0 Å². The molecule has 2 fully saturated rings. The van der Waals surface area contributed by atoms with Gasteiger partial charge in [-0.25, -0.2) is 0 Å². The highest BCUT2D eigenvalue weighted by molar-refractivity contribution is 5.83. The van der Waals surface area contributed by atoms with Gasteiger partial charge in [0.05, 0.1) is 17.7 Å². The molecule has 2 saturated heterocycles. The van der Waals surface area contributed by atoms with Crippen molar-refractivity contribution in [3.63, 3.8) is 0 Å². The molecule has 0 aromatic carbocycles. The van der Waals surface area contributed by atoms with Crippen LogP contribution in [0.4, 0.5) is 0 Å². The Hall–Kier alpha value is -0.610. The van der Waals surface area contributed by atoms with E-state index < -0.39 is 0 Å². The van der Waals surface area contributed by atoms with Gasteiger partial charge in [0.1, 0.15) is 0 Å². The van der Waals surface area contributed by atoms with Crippen LogP contribution in [0, 0.1) is 5.92 Å². The Balaban J connectivity index is 1.96. The van der Waals surface area contributed by atoms with Crippen LogP contribution in [-0.4, -0.2) is 36.7 Å². The van der Waals surface area contributed by atoms with Crippen molar-refractivity contribution in [3.05, 3.63) is 0 Å². The third-order valence-electron chi connectivity index (χ3n) is 4.11. The average Bonchev–Trinajstić information content (AvgIpc) is 2.75. The first-order valence-electron chi connectivity index (χ1n) is 6.20. The summed E-state index contributed by atoms with van der Waals surface area (Å²) < 4.78 is 5.52. The number of carbonyl (C=O) groups is 1. The van der Waals surface area contributed by atoms with Crippen molar-refractivity contribution in [1.82, 2.24) is 10.6 Å². The van der Waals surface area contributed by atoms with E-state index in [1.54, 1.807) is 0 Å². The van der Waals surface area contributed by atoms with Gasteiger partial charge in [-0.2, -0.15) is 0 Å². The van der Waals surface area contributed by atoms with Crippen LogP contribution in [0.15, 0.2) is 0 Å². The molecule has 2 heterocycles. The molecule has 4 unspecified atom stereocenters. The summed E-state index contributed by atoms with van der Waals surface area (Å²) >= 11 is 0. The van der Waals surface area contributed by atoms with Gasteiger partial charge >= 0.3 is 0 Å². The first kappa shape index (κ1) is 11.9. The summed E-state index contributed by atoms with van der Waals surface area (Å²) in [6.07, 6.45) is 2.09. The Morgan fingerprint density at radius 3 is 2.75 bits per heavy atom. The molecule has 4 heteroatoms. The zero-order valence-corrected chi connectivity index (χ0v) is 10.4. The Morgan fingerprint density at radius 1 is 1.50 bits per heavy atom. The topological polar surface area (TPSA) is 50.4 Å². The molecule has 2 aliphatic heterocycles. The van der Waals surface area contributed by atoms with Crippen molar-refractivity contribution in [2.24, 2.45) is 5.92 Å². The van der Waals surface area contributed by atoms with Crippen molar-refractivity contribution >= 4 is 5.91 Å². The highest BCUT2D eigenvalue weighted by Gasteiger charge is 2.40. The van der Waals surface area contributed by atoms with Gasteiger partial charge in [-0.3, -0.25) is 4.79 Å². The van der Waals surface area contributed by atoms with E-state index in [1.165, 1.54) is 0 Å². The fourth-order valence-corrected chi connectivity index (χ4v) is 2.54. The molecule has 1 amide bonds. The lowest BCUT2D eigenvalue weighted by atomic mass is 9.93. The lowest BCUT2D eigenvalue weighted by molar-refractivity contribution is -0.126. The van der Waals surface area contributed by atoms with E-state index in [4.69, 9.17) is 4.74 Å². The molecule has 0 aromatic rings. The highest BCUT2D eigenvalue weighted by atomic mass is 16.5. The zero-order chi connectivity index (χ0) is 11.8. The molecule has 0 spiro atoms. The van der Waals surface area contributed by atoms with Gasteiger partial charge in [0.2, 0.25) is 5.91 Å². The van der Waals surface area contributed by atoms with E-state index in [0.29, 0.717) is 5.92 Å². The van der Waals surface area contributed by atoms with E-state index in [1.807, 2.05) is 6.92 Å². The van der Waals surface area contributed by atoms with Gasteiger partial charge in [-0.1, -0.05) is 6.92 Å². The Kier molecular flexibility index (Phi) is 3.22. The molecule has 0 aromatic heterocycles. The van der Waals surface area contributed by atoms with Crippen molar-refractivity contribution in [2.75, 3.05) is 13.2 Å². The van der Waals surface area contributed by atoms with E-state index >= 15 is 0 Å². The number of nitrogens with one attached hydrogen (secondary N) is 2. The second-order valence-corrected chi connectivity index (χ2v) is 5.37. The van der Waals surface area contributed by atoms with Gasteiger partial charge in [0, 0.05) is 6.61 Å². The molecule has 0 aliphatic carbocycles. The Labute approximate surface area is 97.1 Å². The number of hydrogen-bond donors (Lipinski definition) is 2. The average molecular weight is 226 g/mol. The van der Waals surface area contributed by atoms with Crippen molar-refractivity contribution < 1.29 is 9.53 Å². The largest absolute Gasteiger partial charge is 0.376 e. The SMILES string of the molecule is CC1CCNC1C(=O)NC1(C)CCOC1C. The predicted octanol–water partition coefficient (Wildman–Crippen LogP) is 0.668. The fourth-order valence-electron chi connectivity index (χ4n) is 2.54. The summed E-state index contributed by atoms with van der Waals surface area (Å²) in [4.78, 5) is 12.1. The molecule has 2 aliphatic rings. The molecule has 2 N–H and O–H groups in total. The van der Waals surface area contributed by atoms with Crippen LogP contribution < -0.4 is 10.6 Å². The minimum Gasteiger partial charge on any atom is -0.376 e. The number of carbonyl (C=O) groups excluding carboxylic acids is 1. The van der Waals surface area contributed by atoms with Crippen molar-refractivity contribution in [1.29, 1.82) is 0 Å². The second kappa shape index (κ2) is 4.34. The van der Waals surface area contributed by atoms with E-state index in [0.717, 1.165) is 26.0 Å². The normalized spacial score (nSPS) is 43.6. The molecule has 2 rings (SSSR count). The Morgan fingerprint density at radius 2 is 2.25 bits per heavy atom. The molecular formula is C12H22N2O2. The first-order valence-corrected chi connectivity index (χ1v) is 6.20. The minimum absolute atomic E-state index is 0.0235. The summed E-state index contributed by atoms with van der Waals surface area (Å²) in [5.41, 5.74) is -0.193. The van der Waals surface area contributed by atoms with Gasteiger partial charge in [0.15, 0.2) is 0 Å². The standard InChI is InChI=1S/C12H22N2O2/c1-8-4-6-13-10(8)11(15)14-12(3)5-7-16-9(12)2/h8-10,13H,4-7H2,1-3H3,(H,14,15). The maximum absolute atomic E-state index is 12.1. The minimum atomic E-state index is -0.193. The highest BCUT2D eigenvalue weighted by Crippen LogP contribution is 2.26. The number of ether oxygens (including phenoxy) is 1. The van der Waals surface area contributed by atoms with Crippen LogP contribution in [0.25, 0.3) is 0 Å². The zero-order valence-electron chi connectivity index (χ0n) is 10.4. The molecule has 92 valence electrons. The lowest BCUT2D eigenvalue weighted by Gasteiger charge is -2.31. The quantitative estimate of drug-likeness (QED) is 0.727. The van der Waals surface area contributed by atoms with Crippen LogP contribution in [0.5, 0.6) is 0 Å². The number of hydrogen-bond acceptors (Lipinski definition) is 3. The maximum atomic E-state index is 12.1. The van der Waals surface area contributed by atoms with Crippen molar-refractivity contribution in [2.45, 2.75) is 51.3 Å². The third kappa shape index (κ3) is 2.09. The smallest absolute Gasteiger partial charge is 0.237 e. The molecule has 0 radical (unpaired) electrons. The van der Waals surface area contributed by atoms with Crippen LogP contribution in [0.3, 0.4) is 0 Å². The van der Waals surface area contributed by atoms with Gasteiger partial charge in [0.25, 0.3) is 0 Å². The van der Waals surface area contributed by atoms with E-state index in [2.05, 4.69) is 24.5 Å². The maximum Gasteiger partial charge on any atom is 0.237 e. The lowest BCUT2D eigenvalue weighted by Crippen LogP contribution is -2.56. The third-order valence-corrected chi connectivity index (χ3v) is 4.11. The molecule has 0 saturated carbocycles. The molecule has 0 bridgehead atoms. The number of amides is 1. The fraction of sp³-hybridized carbons (Fsp3) is 0.917. The summed E-state index contributed by atoms with van der Waals surface area (Å²) in [5, 5.41) is 6.41. The van der Waals surface area contributed by atoms with E-state index in [9.17, 15) is 4.79 Å². The Bertz CT molecular complexity index is 282. The number of rotatable bonds is 2. The van der Waals surface area contributed by atoms with Crippen LogP contribution in [-0.2, 0) is 9.53 Å². The van der Waals surface area contributed by atoms with Gasteiger partial charge < -0.3 is 15.4 Å². The first-order chi connectivity index (χ1) is 7.53. The molecule has 4 atom stereocenters. The molecular weight excluding hydrogens is 204 g/mol. The second-order valence-electron chi connectivity index (χ2n) is 5.37. The predicted molar refractivity (Wildman–Crippen MR) is 62.2 cm³/mol. The van der Waals surface area contributed by atoms with Crippen LogP contribution >= 0.6 is 0 Å².